The molecule has 0 aromatic carbocycles. The first-order chi connectivity index (χ1) is 41.0. The maximum atomic E-state index is 12.9. The molecule has 0 rings (SSSR count). The third kappa shape index (κ3) is 69.8. The molecule has 0 fully saturated rings. The molecule has 1 unspecified atom stereocenters. The maximum absolute atomic E-state index is 12.9. The molecule has 484 valence electrons. The van der Waals surface area contributed by atoms with Crippen molar-refractivity contribution < 1.29 is 28.6 Å². The zero-order valence-electron chi connectivity index (χ0n) is 55.7. The first-order valence-electron chi connectivity index (χ1n) is 36.8. The van der Waals surface area contributed by atoms with Crippen LogP contribution in [0.4, 0.5) is 0 Å². The highest BCUT2D eigenvalue weighted by Gasteiger charge is 2.19. The summed E-state index contributed by atoms with van der Waals surface area (Å²) in [6, 6.07) is 0. The summed E-state index contributed by atoms with van der Waals surface area (Å²) in [7, 11) is 0. The summed E-state index contributed by atoms with van der Waals surface area (Å²) in [5, 5.41) is 0. The third-order valence-corrected chi connectivity index (χ3v) is 16.5. The van der Waals surface area contributed by atoms with E-state index in [1.54, 1.807) is 0 Å². The summed E-state index contributed by atoms with van der Waals surface area (Å²) < 4.78 is 17.0. The highest BCUT2D eigenvalue weighted by atomic mass is 16.6. The number of rotatable bonds is 68. The van der Waals surface area contributed by atoms with Crippen LogP contribution in [0.15, 0.2) is 60.8 Å². The summed E-state index contributed by atoms with van der Waals surface area (Å²) in [6.07, 6.45) is 92.8. The number of ether oxygens (including phenoxy) is 3. The summed E-state index contributed by atoms with van der Waals surface area (Å²) >= 11 is 0. The second kappa shape index (κ2) is 71.6. The summed E-state index contributed by atoms with van der Waals surface area (Å²) in [5.74, 6) is -0.874. The Hall–Kier alpha value is -2.89. The Morgan fingerprint density at radius 1 is 0.253 bits per heavy atom. The normalized spacial score (nSPS) is 12.4. The van der Waals surface area contributed by atoms with E-state index in [0.29, 0.717) is 19.3 Å². The SMILES string of the molecule is CC/C=C\C/C=C\C/C=C\C/C=C\C/C=C\CCCCCCCC(=O)OC(COC(=O)CCCCCCCCCCCCC)COC(=O)CCCCCCCCCCCCCCCCCCCCCCCCCCCCCCCCCCC. The number of allylic oxidation sites excluding steroid dienone is 10. The van der Waals surface area contributed by atoms with Crippen LogP contribution in [-0.4, -0.2) is 37.2 Å². The maximum Gasteiger partial charge on any atom is 0.306 e. The predicted molar refractivity (Wildman–Crippen MR) is 362 cm³/mol. The molecule has 0 aromatic heterocycles. The minimum absolute atomic E-state index is 0.0776. The van der Waals surface area contributed by atoms with Gasteiger partial charge in [0, 0.05) is 19.3 Å². The molecular formula is C77H140O6. The number of esters is 3. The van der Waals surface area contributed by atoms with Gasteiger partial charge in [-0.3, -0.25) is 14.4 Å². The van der Waals surface area contributed by atoms with Crippen LogP contribution in [0.5, 0.6) is 0 Å². The van der Waals surface area contributed by atoms with E-state index in [0.717, 1.165) is 109 Å². The van der Waals surface area contributed by atoms with Crippen molar-refractivity contribution in [3.8, 4) is 0 Å². The third-order valence-electron chi connectivity index (χ3n) is 16.5. The summed E-state index contributed by atoms with van der Waals surface area (Å²) in [4.78, 5) is 38.4. The topological polar surface area (TPSA) is 78.9 Å². The molecule has 0 aliphatic heterocycles. The molecule has 0 N–H and O–H groups in total. The molecular weight excluding hydrogens is 1020 g/mol. The van der Waals surface area contributed by atoms with Crippen molar-refractivity contribution in [1.29, 1.82) is 0 Å². The standard InChI is InChI=1S/C77H140O6/c1-4-7-10-13-16-19-22-24-26-28-30-32-33-34-35-36-37-38-39-40-41-42-43-45-46-48-50-52-55-58-61-64-67-70-76(79)82-73-74(72-81-75(78)69-66-63-60-57-54-21-18-15-12-9-6-3)83-77(80)71-68-65-62-59-56-53-51-49-47-44-31-29-27-25-23-20-17-14-11-8-5-2/h8,11,17,20,25,27,31,44,49,51,74H,4-7,9-10,12-16,18-19,21-24,26,28-30,32-43,45-48,50,52-73H2,1-3H3/b11-8-,20-17-,27-25-,44-31-,51-49-. The molecule has 6 nitrogen and oxygen atoms in total. The van der Waals surface area contributed by atoms with Crippen molar-refractivity contribution in [3.05, 3.63) is 60.8 Å². The zero-order valence-corrected chi connectivity index (χ0v) is 55.7. The van der Waals surface area contributed by atoms with Gasteiger partial charge in [-0.2, -0.15) is 0 Å². The number of carbonyl (C=O) groups is 3. The quantitative estimate of drug-likeness (QED) is 0.0261. The Balaban J connectivity index is 4.12. The molecule has 0 spiro atoms. The van der Waals surface area contributed by atoms with Crippen LogP contribution in [0, 0.1) is 0 Å². The highest BCUT2D eigenvalue weighted by molar-refractivity contribution is 5.71. The first kappa shape index (κ1) is 80.1. The van der Waals surface area contributed by atoms with Crippen molar-refractivity contribution in [2.45, 2.75) is 399 Å². The highest BCUT2D eigenvalue weighted by Crippen LogP contribution is 2.19. The van der Waals surface area contributed by atoms with Gasteiger partial charge in [0.2, 0.25) is 0 Å². The Morgan fingerprint density at radius 2 is 0.470 bits per heavy atom. The number of hydrogen-bond acceptors (Lipinski definition) is 6. The van der Waals surface area contributed by atoms with Crippen LogP contribution in [0.1, 0.15) is 393 Å². The second-order valence-electron chi connectivity index (χ2n) is 24.8. The lowest BCUT2D eigenvalue weighted by Gasteiger charge is -2.18. The predicted octanol–water partition coefficient (Wildman–Crippen LogP) is 25.5. The van der Waals surface area contributed by atoms with E-state index in [1.165, 1.54) is 244 Å². The Morgan fingerprint density at radius 3 is 0.735 bits per heavy atom. The fourth-order valence-electron chi connectivity index (χ4n) is 11.1. The van der Waals surface area contributed by atoms with E-state index in [1.807, 2.05) is 0 Å². The largest absolute Gasteiger partial charge is 0.462 e. The number of carbonyl (C=O) groups excluding carboxylic acids is 3. The van der Waals surface area contributed by atoms with Crippen LogP contribution in [0.3, 0.4) is 0 Å². The second-order valence-corrected chi connectivity index (χ2v) is 24.8. The monoisotopic (exact) mass is 1160 g/mol. The summed E-state index contributed by atoms with van der Waals surface area (Å²) in [6.45, 7) is 6.57. The van der Waals surface area contributed by atoms with Gasteiger partial charge in [-0.15, -0.1) is 0 Å². The molecule has 0 aromatic rings. The van der Waals surface area contributed by atoms with Crippen LogP contribution < -0.4 is 0 Å². The molecule has 0 bridgehead atoms. The fourth-order valence-corrected chi connectivity index (χ4v) is 11.1. The lowest BCUT2D eigenvalue weighted by molar-refractivity contribution is -0.167. The minimum Gasteiger partial charge on any atom is -0.462 e. The van der Waals surface area contributed by atoms with Crippen molar-refractivity contribution in [3.63, 3.8) is 0 Å². The van der Waals surface area contributed by atoms with Gasteiger partial charge in [0.1, 0.15) is 13.2 Å². The molecule has 0 aliphatic carbocycles. The molecule has 1 atom stereocenters. The molecule has 0 radical (unpaired) electrons. The fraction of sp³-hybridized carbons (Fsp3) is 0.831. The first-order valence-corrected chi connectivity index (χ1v) is 36.8. The van der Waals surface area contributed by atoms with Gasteiger partial charge in [0.05, 0.1) is 0 Å². The summed E-state index contributed by atoms with van der Waals surface area (Å²) in [5.41, 5.74) is 0. The van der Waals surface area contributed by atoms with Gasteiger partial charge >= 0.3 is 17.9 Å². The van der Waals surface area contributed by atoms with Gasteiger partial charge in [-0.25, -0.2) is 0 Å². The van der Waals surface area contributed by atoms with Gasteiger partial charge < -0.3 is 14.2 Å². The van der Waals surface area contributed by atoms with Crippen molar-refractivity contribution in [2.75, 3.05) is 13.2 Å². The van der Waals surface area contributed by atoms with E-state index >= 15 is 0 Å². The lowest BCUT2D eigenvalue weighted by atomic mass is 10.0. The van der Waals surface area contributed by atoms with Gasteiger partial charge in [-0.1, -0.05) is 370 Å². The Kier molecular flexibility index (Phi) is 69.1. The lowest BCUT2D eigenvalue weighted by Crippen LogP contribution is -2.30. The van der Waals surface area contributed by atoms with E-state index in [2.05, 4.69) is 81.5 Å². The smallest absolute Gasteiger partial charge is 0.306 e. The molecule has 6 heteroatoms. The zero-order chi connectivity index (χ0) is 59.9. The van der Waals surface area contributed by atoms with Crippen LogP contribution in [0.2, 0.25) is 0 Å². The van der Waals surface area contributed by atoms with E-state index in [9.17, 15) is 14.4 Å². The molecule has 0 saturated carbocycles. The number of hydrogen-bond donors (Lipinski definition) is 0. The minimum atomic E-state index is -0.783. The van der Waals surface area contributed by atoms with Crippen molar-refractivity contribution in [1.82, 2.24) is 0 Å². The number of unbranched alkanes of at least 4 members (excludes halogenated alkanes) is 47. The van der Waals surface area contributed by atoms with Crippen LogP contribution >= 0.6 is 0 Å². The molecule has 0 aliphatic rings. The van der Waals surface area contributed by atoms with Gasteiger partial charge in [0.25, 0.3) is 0 Å². The van der Waals surface area contributed by atoms with Crippen LogP contribution in [0.25, 0.3) is 0 Å². The average Bonchev–Trinajstić information content (AvgIpc) is 3.48. The Labute approximate surface area is 517 Å². The molecule has 0 saturated heterocycles. The van der Waals surface area contributed by atoms with E-state index in [4.69, 9.17) is 14.2 Å². The van der Waals surface area contributed by atoms with Gasteiger partial charge in [-0.05, 0) is 64.2 Å². The Bertz CT molecular complexity index is 1470. The average molecular weight is 1160 g/mol. The van der Waals surface area contributed by atoms with Crippen molar-refractivity contribution >= 4 is 17.9 Å². The van der Waals surface area contributed by atoms with Crippen LogP contribution in [-0.2, 0) is 28.6 Å². The van der Waals surface area contributed by atoms with Crippen molar-refractivity contribution in [2.24, 2.45) is 0 Å². The molecule has 83 heavy (non-hydrogen) atoms. The molecule has 0 amide bonds. The van der Waals surface area contributed by atoms with E-state index < -0.39 is 6.10 Å². The van der Waals surface area contributed by atoms with Gasteiger partial charge in [0.15, 0.2) is 6.10 Å². The molecule has 0 heterocycles. The van der Waals surface area contributed by atoms with E-state index in [-0.39, 0.29) is 31.1 Å².